The molecule has 2 rings (SSSR count). The van der Waals surface area contributed by atoms with E-state index in [1.165, 1.54) is 19.3 Å². The van der Waals surface area contributed by atoms with Crippen molar-refractivity contribution in [3.8, 4) is 0 Å². The summed E-state index contributed by atoms with van der Waals surface area (Å²) in [5, 5.41) is 19.8. The van der Waals surface area contributed by atoms with E-state index in [9.17, 15) is 14.8 Å². The van der Waals surface area contributed by atoms with Crippen molar-refractivity contribution >= 4 is 23.5 Å². The Kier molecular flexibility index (Phi) is 7.72. The quantitative estimate of drug-likeness (QED) is 0.459. The Morgan fingerprint density at radius 1 is 0.920 bits per heavy atom. The fraction of sp³-hybridized carbons (Fsp3) is 0.550. The average molecular weight is 343 g/mol. The Hall–Kier alpha value is -1.59. The lowest BCUT2D eigenvalue weighted by molar-refractivity contribution is 0.426. The highest BCUT2D eigenvalue weighted by Gasteiger charge is 2.16. The first-order valence-electron chi connectivity index (χ1n) is 9.62. The molecule has 0 aliphatic carbocycles. The van der Waals surface area contributed by atoms with Gasteiger partial charge in [-0.15, -0.1) is 0 Å². The van der Waals surface area contributed by atoms with Crippen molar-refractivity contribution in [2.75, 3.05) is 0 Å². The van der Waals surface area contributed by atoms with Gasteiger partial charge in [-0.2, -0.15) is 0 Å². The molecule has 0 atom stereocenters. The topological polar surface area (TPSA) is 73.3 Å². The van der Waals surface area contributed by atoms with Crippen LogP contribution in [0.4, 0.5) is 0 Å². The summed E-state index contributed by atoms with van der Waals surface area (Å²) in [7, 11) is -1.52. The summed E-state index contributed by atoms with van der Waals surface area (Å²) in [4.78, 5) is 15.6. The zero-order valence-electron chi connectivity index (χ0n) is 15.5. The fourth-order valence-corrected chi connectivity index (χ4v) is 3.42. The van der Waals surface area contributed by atoms with Crippen molar-refractivity contribution in [3.05, 3.63) is 39.7 Å². The minimum Gasteiger partial charge on any atom is -0.423 e. The number of H-pyrrole nitrogens is 1. The average Bonchev–Trinajstić information content (AvgIpc) is 2.59. The van der Waals surface area contributed by atoms with E-state index in [-0.39, 0.29) is 5.56 Å². The van der Waals surface area contributed by atoms with Crippen molar-refractivity contribution < 1.29 is 10.0 Å². The van der Waals surface area contributed by atoms with E-state index >= 15 is 0 Å². The van der Waals surface area contributed by atoms with Crippen LogP contribution in [0.2, 0.25) is 0 Å². The number of aromatic amines is 1. The van der Waals surface area contributed by atoms with Crippen LogP contribution in [0.5, 0.6) is 0 Å². The third-order valence-electron chi connectivity index (χ3n) is 4.86. The third-order valence-corrected chi connectivity index (χ3v) is 4.86. The summed E-state index contributed by atoms with van der Waals surface area (Å²) in [5.41, 5.74) is 3.12. The van der Waals surface area contributed by atoms with E-state index < -0.39 is 7.12 Å². The number of fused-ring (bicyclic) bond motifs is 1. The van der Waals surface area contributed by atoms with Crippen molar-refractivity contribution in [2.45, 2.75) is 71.6 Å². The van der Waals surface area contributed by atoms with Gasteiger partial charge in [-0.3, -0.25) is 4.79 Å². The maximum atomic E-state index is 12.6. The van der Waals surface area contributed by atoms with Crippen LogP contribution in [0.15, 0.2) is 23.0 Å². The zero-order chi connectivity index (χ0) is 18.2. The Morgan fingerprint density at radius 3 is 2.24 bits per heavy atom. The molecule has 0 aliphatic heterocycles. The summed E-state index contributed by atoms with van der Waals surface area (Å²) < 4.78 is 0. The molecule has 0 radical (unpaired) electrons. The number of rotatable bonds is 10. The molecule has 5 heteroatoms. The number of aromatic nitrogens is 1. The lowest BCUT2D eigenvalue weighted by Crippen LogP contribution is -2.30. The molecule has 0 saturated carbocycles. The van der Waals surface area contributed by atoms with Crippen molar-refractivity contribution in [2.24, 2.45) is 0 Å². The molecule has 4 nitrogen and oxygen atoms in total. The van der Waals surface area contributed by atoms with Crippen LogP contribution < -0.4 is 11.0 Å². The molecule has 0 spiro atoms. The van der Waals surface area contributed by atoms with Crippen LogP contribution in [-0.4, -0.2) is 22.2 Å². The maximum Gasteiger partial charge on any atom is 0.488 e. The summed E-state index contributed by atoms with van der Waals surface area (Å²) in [6.07, 6.45) is 9.67. The van der Waals surface area contributed by atoms with E-state index in [0.717, 1.165) is 55.0 Å². The molecule has 1 aromatic heterocycles. The van der Waals surface area contributed by atoms with Gasteiger partial charge in [0.2, 0.25) is 0 Å². The van der Waals surface area contributed by atoms with Crippen molar-refractivity contribution in [1.82, 2.24) is 4.98 Å². The van der Waals surface area contributed by atoms with Gasteiger partial charge in [0.05, 0.1) is 0 Å². The monoisotopic (exact) mass is 343 g/mol. The normalized spacial score (nSPS) is 11.2. The van der Waals surface area contributed by atoms with E-state index in [4.69, 9.17) is 0 Å². The molecule has 0 fully saturated rings. The molecular weight excluding hydrogens is 313 g/mol. The predicted molar refractivity (Wildman–Crippen MR) is 105 cm³/mol. The standard InChI is InChI=1S/C20H30BNO3/c1-3-5-7-9-10-16-17-13-12-15(21(24)25)14-19(17)22-20(23)18(16)11-8-6-4-2/h12-14,24-25H,3-11H2,1-2H3,(H,22,23). The molecule has 0 saturated heterocycles. The number of pyridine rings is 1. The highest BCUT2D eigenvalue weighted by molar-refractivity contribution is 6.58. The van der Waals surface area contributed by atoms with E-state index in [0.29, 0.717) is 11.0 Å². The molecule has 1 aromatic carbocycles. The molecule has 0 amide bonds. The van der Waals surface area contributed by atoms with Crippen LogP contribution in [0.1, 0.15) is 69.9 Å². The summed E-state index contributed by atoms with van der Waals surface area (Å²) in [5.74, 6) is 0. The second-order valence-electron chi connectivity index (χ2n) is 6.86. The van der Waals surface area contributed by atoms with Crippen LogP contribution >= 0.6 is 0 Å². The smallest absolute Gasteiger partial charge is 0.423 e. The largest absolute Gasteiger partial charge is 0.488 e. The van der Waals surface area contributed by atoms with Gasteiger partial charge in [0.1, 0.15) is 0 Å². The van der Waals surface area contributed by atoms with Gasteiger partial charge in [0, 0.05) is 16.5 Å². The number of unbranched alkanes of at least 4 members (excludes halogenated alkanes) is 5. The summed E-state index contributed by atoms with van der Waals surface area (Å²) >= 11 is 0. The van der Waals surface area contributed by atoms with Crippen LogP contribution in [-0.2, 0) is 12.8 Å². The van der Waals surface area contributed by atoms with Crippen molar-refractivity contribution in [3.63, 3.8) is 0 Å². The van der Waals surface area contributed by atoms with Gasteiger partial charge >= 0.3 is 7.12 Å². The maximum absolute atomic E-state index is 12.6. The summed E-state index contributed by atoms with van der Waals surface area (Å²) in [6.45, 7) is 4.36. The first-order valence-corrected chi connectivity index (χ1v) is 9.62. The molecule has 0 aliphatic rings. The Morgan fingerprint density at radius 2 is 1.56 bits per heavy atom. The lowest BCUT2D eigenvalue weighted by Gasteiger charge is -2.14. The third kappa shape index (κ3) is 5.19. The van der Waals surface area contributed by atoms with Crippen LogP contribution in [0.25, 0.3) is 10.9 Å². The number of benzene rings is 1. The molecule has 0 bridgehead atoms. The van der Waals surface area contributed by atoms with Crippen molar-refractivity contribution in [1.29, 1.82) is 0 Å². The van der Waals surface area contributed by atoms with Gasteiger partial charge in [-0.1, -0.05) is 58.1 Å². The first kappa shape index (κ1) is 19.7. The van der Waals surface area contributed by atoms with Gasteiger partial charge in [0.25, 0.3) is 5.56 Å². The molecule has 0 unspecified atom stereocenters. The molecule has 136 valence electrons. The number of hydrogen-bond acceptors (Lipinski definition) is 3. The fourth-order valence-electron chi connectivity index (χ4n) is 3.42. The highest BCUT2D eigenvalue weighted by atomic mass is 16.4. The van der Waals surface area contributed by atoms with Crippen LogP contribution in [0, 0.1) is 0 Å². The second kappa shape index (κ2) is 9.78. The number of nitrogens with one attached hydrogen (secondary N) is 1. The van der Waals surface area contributed by atoms with Gasteiger partial charge in [-0.25, -0.2) is 0 Å². The molecule has 2 aromatic rings. The van der Waals surface area contributed by atoms with Gasteiger partial charge in [0.15, 0.2) is 0 Å². The molecule has 1 heterocycles. The Balaban J connectivity index is 2.42. The van der Waals surface area contributed by atoms with E-state index in [2.05, 4.69) is 18.8 Å². The second-order valence-corrected chi connectivity index (χ2v) is 6.86. The van der Waals surface area contributed by atoms with E-state index in [1.54, 1.807) is 12.1 Å². The van der Waals surface area contributed by atoms with E-state index in [1.807, 2.05) is 6.07 Å². The Bertz CT molecular complexity index is 740. The minimum absolute atomic E-state index is 0.0290. The molecule has 25 heavy (non-hydrogen) atoms. The predicted octanol–water partition coefficient (Wildman–Crippen LogP) is 3.06. The molecular formula is C20H30BNO3. The number of aryl methyl sites for hydroxylation is 1. The SMILES string of the molecule is CCCCCCc1c(CCCCC)c(=O)[nH]c2cc(B(O)O)ccc12. The van der Waals surface area contributed by atoms with Crippen LogP contribution in [0.3, 0.4) is 0 Å². The zero-order valence-corrected chi connectivity index (χ0v) is 15.5. The first-order chi connectivity index (χ1) is 12.1. The minimum atomic E-state index is -1.52. The lowest BCUT2D eigenvalue weighted by atomic mass is 9.79. The number of hydrogen-bond donors (Lipinski definition) is 3. The Labute approximate surface area is 150 Å². The summed E-state index contributed by atoms with van der Waals surface area (Å²) in [6, 6.07) is 5.32. The van der Waals surface area contributed by atoms with Gasteiger partial charge < -0.3 is 15.0 Å². The van der Waals surface area contributed by atoms with Gasteiger partial charge in [-0.05, 0) is 42.8 Å². The highest BCUT2D eigenvalue weighted by Crippen LogP contribution is 2.22. The molecule has 3 N–H and O–H groups in total.